The van der Waals surface area contributed by atoms with E-state index in [-0.39, 0.29) is 12.1 Å². The first-order valence-corrected chi connectivity index (χ1v) is 13.4. The van der Waals surface area contributed by atoms with Gasteiger partial charge in [0.05, 0.1) is 20.3 Å². The number of benzene rings is 3. The van der Waals surface area contributed by atoms with Gasteiger partial charge in [0.1, 0.15) is 5.60 Å². The van der Waals surface area contributed by atoms with Crippen LogP contribution in [0, 0.1) is 0 Å². The van der Waals surface area contributed by atoms with Crippen LogP contribution in [0.1, 0.15) is 43.5 Å². The molecule has 1 aliphatic rings. The first-order chi connectivity index (χ1) is 17.8. The maximum atomic E-state index is 13.3. The number of hydrogen-bond acceptors (Lipinski definition) is 5. The van der Waals surface area contributed by atoms with E-state index in [4.69, 9.17) is 14.2 Å². The molecule has 1 unspecified atom stereocenters. The van der Waals surface area contributed by atoms with E-state index in [1.54, 1.807) is 25.6 Å². The highest BCUT2D eigenvalue weighted by atomic mass is 32.1. The van der Waals surface area contributed by atoms with Gasteiger partial charge in [-0.1, -0.05) is 42.5 Å². The smallest absolute Gasteiger partial charge is 0.410 e. The number of methoxy groups -OCH3 is 2. The van der Waals surface area contributed by atoms with Crippen LogP contribution in [0.5, 0.6) is 11.5 Å². The molecule has 1 aliphatic heterocycles. The maximum absolute atomic E-state index is 13.3. The Balaban J connectivity index is 1.47. The van der Waals surface area contributed by atoms with Crippen molar-refractivity contribution >= 4 is 27.5 Å². The molecule has 2 heterocycles. The van der Waals surface area contributed by atoms with E-state index in [1.807, 2.05) is 37.8 Å². The number of carbonyl (C=O) groups excluding carboxylic acids is 1. The Morgan fingerprint density at radius 3 is 2.35 bits per heavy atom. The monoisotopic (exact) mass is 515 g/mol. The van der Waals surface area contributed by atoms with E-state index in [0.717, 1.165) is 17.5 Å². The van der Waals surface area contributed by atoms with Crippen LogP contribution < -0.4 is 9.47 Å². The highest BCUT2D eigenvalue weighted by molar-refractivity contribution is 7.22. The lowest BCUT2D eigenvalue weighted by atomic mass is 9.88. The van der Waals surface area contributed by atoms with E-state index in [2.05, 4.69) is 54.6 Å². The molecule has 1 atom stereocenters. The minimum Gasteiger partial charge on any atom is -0.493 e. The predicted octanol–water partition coefficient (Wildman–Crippen LogP) is 7.66. The van der Waals surface area contributed by atoms with Crippen LogP contribution in [0.25, 0.3) is 20.5 Å². The van der Waals surface area contributed by atoms with Crippen molar-refractivity contribution in [2.75, 3.05) is 20.8 Å². The van der Waals surface area contributed by atoms with Gasteiger partial charge in [-0.25, -0.2) is 4.79 Å². The summed E-state index contributed by atoms with van der Waals surface area (Å²) in [5.74, 6) is 1.37. The van der Waals surface area contributed by atoms with Gasteiger partial charge in [0, 0.05) is 16.1 Å². The van der Waals surface area contributed by atoms with E-state index >= 15 is 0 Å². The van der Waals surface area contributed by atoms with Gasteiger partial charge >= 0.3 is 6.09 Å². The van der Waals surface area contributed by atoms with Crippen molar-refractivity contribution in [3.63, 3.8) is 0 Å². The SMILES string of the molecule is COc1cc2c(cc1OC)C(Cc1ccc(-c3cc4ccccc4s3)cc1)N(C(=O)OC(C)(C)C)CC2. The third-order valence-corrected chi connectivity index (χ3v) is 7.89. The molecule has 1 aromatic heterocycles. The average molecular weight is 516 g/mol. The summed E-state index contributed by atoms with van der Waals surface area (Å²) in [6.07, 6.45) is 1.12. The van der Waals surface area contributed by atoms with Crippen LogP contribution >= 0.6 is 11.3 Å². The molecule has 0 N–H and O–H groups in total. The average Bonchev–Trinajstić information content (AvgIpc) is 3.31. The molecule has 5 rings (SSSR count). The van der Waals surface area contributed by atoms with E-state index in [0.29, 0.717) is 24.5 Å². The fourth-order valence-corrected chi connectivity index (χ4v) is 6.01. The third-order valence-electron chi connectivity index (χ3n) is 6.72. The fraction of sp³-hybridized carbons (Fsp3) is 0.323. The van der Waals surface area contributed by atoms with Crippen molar-refractivity contribution in [3.05, 3.63) is 83.4 Å². The number of hydrogen-bond donors (Lipinski definition) is 0. The summed E-state index contributed by atoms with van der Waals surface area (Å²) in [7, 11) is 3.29. The van der Waals surface area contributed by atoms with Crippen molar-refractivity contribution in [3.8, 4) is 21.9 Å². The molecule has 0 bridgehead atoms. The van der Waals surface area contributed by atoms with Crippen LogP contribution in [0.15, 0.2) is 66.7 Å². The van der Waals surface area contributed by atoms with Crippen molar-refractivity contribution in [1.29, 1.82) is 0 Å². The number of nitrogens with zero attached hydrogens (tertiary/aromatic N) is 1. The minimum absolute atomic E-state index is 0.173. The quantitative estimate of drug-likeness (QED) is 0.274. The molecule has 0 saturated heterocycles. The summed E-state index contributed by atoms with van der Waals surface area (Å²) >= 11 is 1.80. The van der Waals surface area contributed by atoms with Crippen LogP contribution in [-0.2, 0) is 17.6 Å². The van der Waals surface area contributed by atoms with Gasteiger partial charge in [-0.2, -0.15) is 0 Å². The van der Waals surface area contributed by atoms with Crippen molar-refractivity contribution in [2.24, 2.45) is 0 Å². The van der Waals surface area contributed by atoms with Crippen molar-refractivity contribution < 1.29 is 19.0 Å². The largest absolute Gasteiger partial charge is 0.493 e. The van der Waals surface area contributed by atoms with Crippen molar-refractivity contribution in [1.82, 2.24) is 4.90 Å². The van der Waals surface area contributed by atoms with Crippen LogP contribution in [0.2, 0.25) is 0 Å². The van der Waals surface area contributed by atoms with Crippen LogP contribution in [0.3, 0.4) is 0 Å². The zero-order valence-corrected chi connectivity index (χ0v) is 22.9. The van der Waals surface area contributed by atoms with E-state index in [9.17, 15) is 4.79 Å². The second kappa shape index (κ2) is 10.1. The molecule has 0 saturated carbocycles. The number of amides is 1. The molecule has 0 radical (unpaired) electrons. The molecule has 0 fully saturated rings. The Hall–Kier alpha value is -3.51. The lowest BCUT2D eigenvalue weighted by Gasteiger charge is -2.38. The molecule has 3 aromatic carbocycles. The zero-order valence-electron chi connectivity index (χ0n) is 22.0. The number of thiophene rings is 1. The topological polar surface area (TPSA) is 48.0 Å². The summed E-state index contributed by atoms with van der Waals surface area (Å²) in [6, 6.07) is 23.3. The molecule has 0 aliphatic carbocycles. The van der Waals surface area contributed by atoms with Gasteiger partial charge in [0.25, 0.3) is 0 Å². The van der Waals surface area contributed by atoms with Gasteiger partial charge in [0.2, 0.25) is 0 Å². The maximum Gasteiger partial charge on any atom is 0.410 e. The molecule has 37 heavy (non-hydrogen) atoms. The summed E-state index contributed by atoms with van der Waals surface area (Å²) in [4.78, 5) is 16.4. The van der Waals surface area contributed by atoms with Gasteiger partial charge in [0.15, 0.2) is 11.5 Å². The summed E-state index contributed by atoms with van der Waals surface area (Å²) < 4.78 is 18.2. The van der Waals surface area contributed by atoms with Crippen LogP contribution in [0.4, 0.5) is 4.79 Å². The predicted molar refractivity (Wildman–Crippen MR) is 150 cm³/mol. The summed E-state index contributed by atoms with van der Waals surface area (Å²) in [5.41, 5.74) is 4.04. The second-order valence-electron chi connectivity index (χ2n) is 10.4. The Morgan fingerprint density at radius 1 is 0.973 bits per heavy atom. The van der Waals surface area contributed by atoms with Gasteiger partial charge in [-0.15, -0.1) is 11.3 Å². The highest BCUT2D eigenvalue weighted by Gasteiger charge is 2.34. The van der Waals surface area contributed by atoms with Crippen LogP contribution in [-0.4, -0.2) is 37.4 Å². The van der Waals surface area contributed by atoms with Gasteiger partial charge in [-0.3, -0.25) is 0 Å². The minimum atomic E-state index is -0.564. The van der Waals surface area contributed by atoms with E-state index < -0.39 is 5.60 Å². The van der Waals surface area contributed by atoms with Crippen molar-refractivity contribution in [2.45, 2.75) is 45.3 Å². The zero-order chi connectivity index (χ0) is 26.2. The standard InChI is InChI=1S/C31H33NO4S/c1-31(2,3)36-30(33)32-15-14-22-17-26(34-4)27(35-5)19-24(22)25(32)16-20-10-12-21(13-11-20)29-18-23-8-6-7-9-28(23)37-29/h6-13,17-19,25H,14-16H2,1-5H3. The lowest BCUT2D eigenvalue weighted by Crippen LogP contribution is -2.43. The molecule has 1 amide bonds. The molecular formula is C31H33NO4S. The summed E-state index contributed by atoms with van der Waals surface area (Å²) in [5, 5.41) is 1.27. The molecule has 6 heteroatoms. The number of carbonyl (C=O) groups is 1. The van der Waals surface area contributed by atoms with E-state index in [1.165, 1.54) is 26.1 Å². The Labute approximate surface area is 222 Å². The normalized spacial score (nSPS) is 15.4. The Bertz CT molecular complexity index is 1380. The number of rotatable bonds is 5. The molecule has 4 aromatic rings. The third kappa shape index (κ3) is 5.30. The molecule has 0 spiro atoms. The van der Waals surface area contributed by atoms with Gasteiger partial charge in [-0.05, 0) is 85.5 Å². The Kier molecular flexibility index (Phi) is 6.86. The van der Waals surface area contributed by atoms with Gasteiger partial charge < -0.3 is 19.1 Å². The second-order valence-corrected chi connectivity index (χ2v) is 11.5. The molecule has 192 valence electrons. The number of ether oxygens (including phenoxy) is 3. The molecule has 5 nitrogen and oxygen atoms in total. The Morgan fingerprint density at radius 2 is 1.68 bits per heavy atom. The summed E-state index contributed by atoms with van der Waals surface area (Å²) in [6.45, 7) is 6.29. The fourth-order valence-electron chi connectivity index (χ4n) is 4.94. The highest BCUT2D eigenvalue weighted by Crippen LogP contribution is 2.40. The number of fused-ring (bicyclic) bond motifs is 2. The first kappa shape index (κ1) is 25.2. The lowest BCUT2D eigenvalue weighted by molar-refractivity contribution is 0.0141. The first-order valence-electron chi connectivity index (χ1n) is 12.6. The molecular weight excluding hydrogens is 482 g/mol.